The normalized spacial score (nSPS) is 12.6. The minimum absolute atomic E-state index is 0.0534. The molecule has 2 nitrogen and oxygen atoms in total. The zero-order valence-corrected chi connectivity index (χ0v) is 12.1. The fourth-order valence-corrected chi connectivity index (χ4v) is 1.90. The highest BCUT2D eigenvalue weighted by Gasteiger charge is 2.15. The molecule has 0 fully saturated rings. The van der Waals surface area contributed by atoms with Crippen molar-refractivity contribution in [1.82, 2.24) is 0 Å². The third kappa shape index (κ3) is 4.35. The van der Waals surface area contributed by atoms with Gasteiger partial charge in [0.25, 0.3) is 0 Å². The SMILES string of the molecule is CC(=O)C(Br)c1cc(CBr)cc(OC(F)F)c1. The van der Waals surface area contributed by atoms with Crippen molar-refractivity contribution in [3.8, 4) is 5.75 Å². The van der Waals surface area contributed by atoms with Gasteiger partial charge < -0.3 is 4.74 Å². The van der Waals surface area contributed by atoms with E-state index < -0.39 is 11.4 Å². The van der Waals surface area contributed by atoms with Crippen molar-refractivity contribution in [3.05, 3.63) is 29.3 Å². The van der Waals surface area contributed by atoms with E-state index in [2.05, 4.69) is 36.6 Å². The Labute approximate surface area is 115 Å². The molecular weight excluding hydrogens is 362 g/mol. The largest absolute Gasteiger partial charge is 0.435 e. The first kappa shape index (κ1) is 14.6. The van der Waals surface area contributed by atoms with Crippen LogP contribution in [0.5, 0.6) is 5.75 Å². The maximum Gasteiger partial charge on any atom is 0.387 e. The topological polar surface area (TPSA) is 26.3 Å². The molecule has 94 valence electrons. The lowest BCUT2D eigenvalue weighted by Crippen LogP contribution is -2.05. The molecule has 1 aromatic carbocycles. The summed E-state index contributed by atoms with van der Waals surface area (Å²) in [5, 5.41) is 0.498. The van der Waals surface area contributed by atoms with Gasteiger partial charge in [-0.2, -0.15) is 8.78 Å². The second-order valence-corrected chi connectivity index (χ2v) is 4.87. The van der Waals surface area contributed by atoms with Crippen LogP contribution in [0.15, 0.2) is 18.2 Å². The van der Waals surface area contributed by atoms with Gasteiger partial charge in [-0.3, -0.25) is 4.79 Å². The molecule has 0 N–H and O–H groups in total. The molecule has 0 aliphatic rings. The Hall–Kier alpha value is -0.490. The predicted octanol–water partition coefficient (Wildman–Crippen LogP) is 4.21. The summed E-state index contributed by atoms with van der Waals surface area (Å²) in [5.74, 6) is -0.0441. The highest BCUT2D eigenvalue weighted by molar-refractivity contribution is 9.09. The monoisotopic (exact) mass is 370 g/mol. The molecule has 6 heteroatoms. The summed E-state index contributed by atoms with van der Waals surface area (Å²) in [5.41, 5.74) is 1.37. The van der Waals surface area contributed by atoms with Gasteiger partial charge in [0.15, 0.2) is 0 Å². The second kappa shape index (κ2) is 6.44. The molecule has 17 heavy (non-hydrogen) atoms. The lowest BCUT2D eigenvalue weighted by Gasteiger charge is -2.12. The third-order valence-electron chi connectivity index (χ3n) is 2.02. The van der Waals surface area contributed by atoms with Crippen molar-refractivity contribution in [1.29, 1.82) is 0 Å². The molecule has 0 saturated carbocycles. The van der Waals surface area contributed by atoms with Crippen molar-refractivity contribution < 1.29 is 18.3 Å². The molecule has 0 saturated heterocycles. The molecule has 0 heterocycles. The van der Waals surface area contributed by atoms with Gasteiger partial charge in [-0.1, -0.05) is 37.9 Å². The molecule has 0 aliphatic carbocycles. The summed E-state index contributed by atoms with van der Waals surface area (Å²) in [6.07, 6.45) is 0. The number of alkyl halides is 4. The van der Waals surface area contributed by atoms with E-state index in [9.17, 15) is 13.6 Å². The first-order chi connectivity index (χ1) is 7.93. The molecule has 0 amide bonds. The number of carbonyl (C=O) groups excluding carboxylic acids is 1. The van der Waals surface area contributed by atoms with Gasteiger partial charge in [-0.25, -0.2) is 0 Å². The minimum Gasteiger partial charge on any atom is -0.435 e. The number of rotatable bonds is 5. The van der Waals surface area contributed by atoms with E-state index in [1.54, 1.807) is 6.07 Å². The number of ketones is 1. The van der Waals surface area contributed by atoms with Crippen LogP contribution in [0.25, 0.3) is 0 Å². The van der Waals surface area contributed by atoms with E-state index in [1.165, 1.54) is 19.1 Å². The average molecular weight is 372 g/mol. The Kier molecular flexibility index (Phi) is 5.52. The summed E-state index contributed by atoms with van der Waals surface area (Å²) in [6, 6.07) is 4.69. The molecule has 0 radical (unpaired) electrons. The van der Waals surface area contributed by atoms with Gasteiger partial charge >= 0.3 is 6.61 Å². The molecule has 1 rings (SSSR count). The molecule has 0 spiro atoms. The highest BCUT2D eigenvalue weighted by atomic mass is 79.9. The number of benzene rings is 1. The third-order valence-corrected chi connectivity index (χ3v) is 3.84. The van der Waals surface area contributed by atoms with Crippen LogP contribution < -0.4 is 4.74 Å². The van der Waals surface area contributed by atoms with Gasteiger partial charge in [0.2, 0.25) is 0 Å². The highest BCUT2D eigenvalue weighted by Crippen LogP contribution is 2.29. The van der Waals surface area contributed by atoms with E-state index in [0.717, 1.165) is 5.56 Å². The number of Topliss-reactive ketones (excluding diaryl/α,β-unsaturated/α-hetero) is 1. The van der Waals surface area contributed by atoms with Gasteiger partial charge in [0.05, 0.1) is 4.83 Å². The van der Waals surface area contributed by atoms with Crippen LogP contribution in [0.3, 0.4) is 0 Å². The van der Waals surface area contributed by atoms with Crippen LogP contribution in [0.4, 0.5) is 8.78 Å². The van der Waals surface area contributed by atoms with Gasteiger partial charge in [-0.15, -0.1) is 0 Å². The number of halogens is 4. The second-order valence-electron chi connectivity index (χ2n) is 3.40. The molecular formula is C11H10Br2F2O2. The zero-order valence-electron chi connectivity index (χ0n) is 8.92. The van der Waals surface area contributed by atoms with Crippen LogP contribution in [0.2, 0.25) is 0 Å². The van der Waals surface area contributed by atoms with Crippen LogP contribution in [-0.4, -0.2) is 12.4 Å². The van der Waals surface area contributed by atoms with Crippen LogP contribution >= 0.6 is 31.9 Å². The number of hydrogen-bond acceptors (Lipinski definition) is 2. The first-order valence-corrected chi connectivity index (χ1v) is 6.77. The van der Waals surface area contributed by atoms with Crippen LogP contribution in [-0.2, 0) is 10.1 Å². The lowest BCUT2D eigenvalue weighted by atomic mass is 10.1. The minimum atomic E-state index is -2.88. The standard InChI is InChI=1S/C11H10Br2F2O2/c1-6(16)10(13)8-2-7(5-12)3-9(4-8)17-11(14)15/h2-4,10-11H,5H2,1H3. The predicted molar refractivity (Wildman–Crippen MR) is 68.1 cm³/mol. The Bertz CT molecular complexity index is 410. The zero-order chi connectivity index (χ0) is 13.0. The Morgan fingerprint density at radius 1 is 1.41 bits per heavy atom. The Balaban J connectivity index is 3.08. The van der Waals surface area contributed by atoms with E-state index >= 15 is 0 Å². The number of carbonyl (C=O) groups is 1. The molecule has 0 aromatic heterocycles. The van der Waals surface area contributed by atoms with Gasteiger partial charge in [0, 0.05) is 5.33 Å². The van der Waals surface area contributed by atoms with Crippen molar-refractivity contribution >= 4 is 37.6 Å². The maximum absolute atomic E-state index is 12.1. The smallest absolute Gasteiger partial charge is 0.387 e. The number of ether oxygens (including phenoxy) is 1. The Morgan fingerprint density at radius 3 is 2.53 bits per heavy atom. The van der Waals surface area contributed by atoms with Crippen LogP contribution in [0.1, 0.15) is 22.9 Å². The quantitative estimate of drug-likeness (QED) is 0.725. The molecule has 1 unspecified atom stereocenters. The van der Waals surface area contributed by atoms with Gasteiger partial charge in [0.1, 0.15) is 11.5 Å². The number of hydrogen-bond donors (Lipinski definition) is 0. The van der Waals surface area contributed by atoms with Crippen molar-refractivity contribution in [3.63, 3.8) is 0 Å². The van der Waals surface area contributed by atoms with E-state index in [4.69, 9.17) is 0 Å². The van der Waals surface area contributed by atoms with Crippen molar-refractivity contribution in [2.45, 2.75) is 23.7 Å². The molecule has 1 aromatic rings. The van der Waals surface area contributed by atoms with E-state index in [-0.39, 0.29) is 11.5 Å². The van der Waals surface area contributed by atoms with E-state index in [0.29, 0.717) is 10.9 Å². The summed E-state index contributed by atoms with van der Waals surface area (Å²) in [6.45, 7) is -1.45. The summed E-state index contributed by atoms with van der Waals surface area (Å²) in [7, 11) is 0. The van der Waals surface area contributed by atoms with Crippen molar-refractivity contribution in [2.75, 3.05) is 0 Å². The van der Waals surface area contributed by atoms with Gasteiger partial charge in [-0.05, 0) is 30.2 Å². The van der Waals surface area contributed by atoms with Crippen LogP contribution in [0, 0.1) is 0 Å². The summed E-state index contributed by atoms with van der Waals surface area (Å²) in [4.78, 5) is 10.7. The van der Waals surface area contributed by atoms with Crippen molar-refractivity contribution in [2.24, 2.45) is 0 Å². The molecule has 0 aliphatic heterocycles. The fraction of sp³-hybridized carbons (Fsp3) is 0.364. The molecule has 1 atom stereocenters. The first-order valence-electron chi connectivity index (χ1n) is 4.73. The lowest BCUT2D eigenvalue weighted by molar-refractivity contribution is -0.116. The summed E-state index contributed by atoms with van der Waals surface area (Å²) < 4.78 is 28.6. The maximum atomic E-state index is 12.1. The fourth-order valence-electron chi connectivity index (χ4n) is 1.32. The van der Waals surface area contributed by atoms with E-state index in [1.807, 2.05) is 0 Å². The summed E-state index contributed by atoms with van der Waals surface area (Å²) >= 11 is 6.44. The Morgan fingerprint density at radius 2 is 2.06 bits per heavy atom. The average Bonchev–Trinajstić information content (AvgIpc) is 2.26. The molecule has 0 bridgehead atoms.